The fourth-order valence-electron chi connectivity index (χ4n) is 3.21. The van der Waals surface area contributed by atoms with Crippen LogP contribution in [0.1, 0.15) is 46.0 Å². The van der Waals surface area contributed by atoms with E-state index < -0.39 is 5.97 Å². The molecule has 0 aliphatic heterocycles. The van der Waals surface area contributed by atoms with Crippen molar-refractivity contribution in [1.82, 2.24) is 0 Å². The lowest BCUT2D eigenvalue weighted by molar-refractivity contribution is -0.146. The lowest BCUT2D eigenvalue weighted by Gasteiger charge is -2.22. The number of hydrogen-bond acceptors (Lipinski definition) is 3. The van der Waals surface area contributed by atoms with Crippen molar-refractivity contribution in [3.8, 4) is 0 Å². The predicted molar refractivity (Wildman–Crippen MR) is 75.1 cm³/mol. The predicted octanol–water partition coefficient (Wildman–Crippen LogP) is 3.09. The van der Waals surface area contributed by atoms with Gasteiger partial charge in [-0.25, -0.2) is 9.59 Å². The van der Waals surface area contributed by atoms with Crippen molar-refractivity contribution in [3.05, 3.63) is 23.3 Å². The van der Waals surface area contributed by atoms with Crippen molar-refractivity contribution in [3.63, 3.8) is 0 Å². The molecule has 2 fully saturated rings. The number of rotatable bonds is 5. The SMILES string of the molecule is CC=C(CC=C(C)C(=O)O)C(=O)OC1CC2CCC1C2. The smallest absolute Gasteiger partial charge is 0.334 e. The van der Waals surface area contributed by atoms with Gasteiger partial charge in [-0.3, -0.25) is 0 Å². The summed E-state index contributed by atoms with van der Waals surface area (Å²) in [6.45, 7) is 3.30. The van der Waals surface area contributed by atoms with Crippen molar-refractivity contribution < 1.29 is 19.4 Å². The highest BCUT2D eigenvalue weighted by Crippen LogP contribution is 2.46. The van der Waals surface area contributed by atoms with Crippen LogP contribution in [-0.2, 0) is 14.3 Å². The highest BCUT2D eigenvalue weighted by Gasteiger charge is 2.41. The number of carboxylic acids is 1. The van der Waals surface area contributed by atoms with Crippen molar-refractivity contribution in [2.24, 2.45) is 11.8 Å². The standard InChI is InChI=1S/C16H22O4/c1-3-12(6-4-10(2)15(17)18)16(19)20-14-9-11-5-7-13(14)8-11/h3-4,11,13-14H,5-9H2,1-2H3,(H,17,18). The molecule has 2 aliphatic rings. The van der Waals surface area contributed by atoms with Crippen molar-refractivity contribution in [2.45, 2.75) is 52.1 Å². The maximum absolute atomic E-state index is 12.1. The molecule has 0 aromatic heterocycles. The molecule has 0 aromatic rings. The summed E-state index contributed by atoms with van der Waals surface area (Å²) < 4.78 is 5.61. The lowest BCUT2D eigenvalue weighted by atomic mass is 9.97. The minimum absolute atomic E-state index is 0.0701. The number of carboxylic acid groups (broad SMARTS) is 1. The molecule has 0 radical (unpaired) electrons. The minimum Gasteiger partial charge on any atom is -0.478 e. The Labute approximate surface area is 119 Å². The molecule has 4 nitrogen and oxygen atoms in total. The first-order chi connectivity index (χ1) is 9.51. The zero-order valence-corrected chi connectivity index (χ0v) is 12.1. The number of carbonyl (C=O) groups excluding carboxylic acids is 1. The van der Waals surface area contributed by atoms with E-state index in [1.54, 1.807) is 19.1 Å². The van der Waals surface area contributed by atoms with E-state index >= 15 is 0 Å². The van der Waals surface area contributed by atoms with Gasteiger partial charge in [-0.15, -0.1) is 0 Å². The first-order valence-corrected chi connectivity index (χ1v) is 7.27. The molecule has 1 N–H and O–H groups in total. The summed E-state index contributed by atoms with van der Waals surface area (Å²) in [5, 5.41) is 8.80. The van der Waals surface area contributed by atoms with E-state index in [1.165, 1.54) is 26.2 Å². The summed E-state index contributed by atoms with van der Waals surface area (Å²) in [4.78, 5) is 22.9. The van der Waals surface area contributed by atoms with E-state index in [4.69, 9.17) is 9.84 Å². The number of esters is 1. The largest absolute Gasteiger partial charge is 0.478 e. The Balaban J connectivity index is 1.90. The minimum atomic E-state index is -0.957. The molecule has 0 heterocycles. The van der Waals surface area contributed by atoms with Crippen LogP contribution in [0, 0.1) is 11.8 Å². The number of aliphatic carboxylic acids is 1. The van der Waals surface area contributed by atoms with E-state index in [0.29, 0.717) is 17.9 Å². The Morgan fingerprint density at radius 3 is 2.55 bits per heavy atom. The summed E-state index contributed by atoms with van der Waals surface area (Å²) in [5.74, 6) is 0.0285. The zero-order valence-electron chi connectivity index (χ0n) is 12.1. The summed E-state index contributed by atoms with van der Waals surface area (Å²) in [6, 6.07) is 0. The fraction of sp³-hybridized carbons (Fsp3) is 0.625. The van der Waals surface area contributed by atoms with Gasteiger partial charge in [-0.2, -0.15) is 0 Å². The normalized spacial score (nSPS) is 29.6. The first-order valence-electron chi connectivity index (χ1n) is 7.27. The lowest BCUT2D eigenvalue weighted by Crippen LogP contribution is -2.24. The first kappa shape index (κ1) is 14.8. The molecule has 2 rings (SSSR count). The highest BCUT2D eigenvalue weighted by molar-refractivity contribution is 5.90. The molecular weight excluding hydrogens is 256 g/mol. The van der Waals surface area contributed by atoms with Gasteiger partial charge in [0.1, 0.15) is 6.10 Å². The van der Waals surface area contributed by atoms with E-state index in [1.807, 2.05) is 0 Å². The van der Waals surface area contributed by atoms with E-state index in [9.17, 15) is 9.59 Å². The van der Waals surface area contributed by atoms with Crippen LogP contribution in [0.25, 0.3) is 0 Å². The van der Waals surface area contributed by atoms with Gasteiger partial charge in [0.15, 0.2) is 0 Å². The summed E-state index contributed by atoms with van der Waals surface area (Å²) >= 11 is 0. The molecule has 0 saturated heterocycles. The number of hydrogen-bond donors (Lipinski definition) is 1. The van der Waals surface area contributed by atoms with Crippen LogP contribution >= 0.6 is 0 Å². The van der Waals surface area contributed by atoms with Gasteiger partial charge in [-0.1, -0.05) is 12.2 Å². The summed E-state index contributed by atoms with van der Waals surface area (Å²) in [6.07, 6.45) is 8.29. The number of carbonyl (C=O) groups is 2. The van der Waals surface area contributed by atoms with Gasteiger partial charge in [0, 0.05) is 11.1 Å². The van der Waals surface area contributed by atoms with Gasteiger partial charge in [0.05, 0.1) is 0 Å². The van der Waals surface area contributed by atoms with Crippen molar-refractivity contribution in [1.29, 1.82) is 0 Å². The Morgan fingerprint density at radius 1 is 1.30 bits per heavy atom. The topological polar surface area (TPSA) is 63.6 Å². The second-order valence-electron chi connectivity index (χ2n) is 5.83. The molecule has 2 aliphatic carbocycles. The molecule has 0 amide bonds. The average Bonchev–Trinajstić information content (AvgIpc) is 3.01. The maximum Gasteiger partial charge on any atom is 0.334 e. The second kappa shape index (κ2) is 6.25. The van der Waals surface area contributed by atoms with Gasteiger partial charge in [-0.05, 0) is 57.8 Å². The Hall–Kier alpha value is -1.58. The number of ether oxygens (including phenoxy) is 1. The van der Waals surface area contributed by atoms with E-state index in [-0.39, 0.29) is 17.6 Å². The third-order valence-electron chi connectivity index (χ3n) is 4.51. The maximum atomic E-state index is 12.1. The van der Waals surface area contributed by atoms with Crippen LogP contribution in [0.4, 0.5) is 0 Å². The van der Waals surface area contributed by atoms with Crippen LogP contribution in [0.5, 0.6) is 0 Å². The fourth-order valence-corrected chi connectivity index (χ4v) is 3.21. The molecule has 110 valence electrons. The van der Waals surface area contributed by atoms with Gasteiger partial charge in [0.25, 0.3) is 0 Å². The Morgan fingerprint density at radius 2 is 2.05 bits per heavy atom. The van der Waals surface area contributed by atoms with Crippen LogP contribution < -0.4 is 0 Å². The van der Waals surface area contributed by atoms with Gasteiger partial charge in [0.2, 0.25) is 0 Å². The number of allylic oxidation sites excluding steroid dienone is 2. The van der Waals surface area contributed by atoms with Gasteiger partial charge >= 0.3 is 11.9 Å². The quantitative estimate of drug-likeness (QED) is 0.620. The Bertz CT molecular complexity index is 461. The van der Waals surface area contributed by atoms with Crippen LogP contribution in [0.3, 0.4) is 0 Å². The monoisotopic (exact) mass is 278 g/mol. The molecule has 3 unspecified atom stereocenters. The van der Waals surface area contributed by atoms with E-state index in [0.717, 1.165) is 12.3 Å². The zero-order chi connectivity index (χ0) is 14.7. The molecular formula is C16H22O4. The van der Waals surface area contributed by atoms with E-state index in [2.05, 4.69) is 0 Å². The summed E-state index contributed by atoms with van der Waals surface area (Å²) in [7, 11) is 0. The molecule has 3 atom stereocenters. The van der Waals surface area contributed by atoms with Crippen molar-refractivity contribution >= 4 is 11.9 Å². The van der Waals surface area contributed by atoms with Crippen molar-refractivity contribution in [2.75, 3.05) is 0 Å². The summed E-state index contributed by atoms with van der Waals surface area (Å²) in [5.41, 5.74) is 0.783. The van der Waals surface area contributed by atoms with Crippen LogP contribution in [0.15, 0.2) is 23.3 Å². The Kier molecular flexibility index (Phi) is 4.63. The molecule has 0 spiro atoms. The van der Waals surface area contributed by atoms with Crippen LogP contribution in [-0.4, -0.2) is 23.1 Å². The average molecular weight is 278 g/mol. The van der Waals surface area contributed by atoms with Crippen LogP contribution in [0.2, 0.25) is 0 Å². The molecule has 4 heteroatoms. The molecule has 2 saturated carbocycles. The molecule has 2 bridgehead atoms. The third-order valence-corrected chi connectivity index (χ3v) is 4.51. The molecule has 20 heavy (non-hydrogen) atoms. The second-order valence-corrected chi connectivity index (χ2v) is 5.83. The number of fused-ring (bicyclic) bond motifs is 2. The van der Waals surface area contributed by atoms with Gasteiger partial charge < -0.3 is 9.84 Å². The molecule has 0 aromatic carbocycles. The third kappa shape index (κ3) is 3.30. The highest BCUT2D eigenvalue weighted by atomic mass is 16.5.